The number of benzene rings is 1. The number of nitrogens with zero attached hydrogens (tertiary/aromatic N) is 4. The zero-order valence-corrected chi connectivity index (χ0v) is 16.8. The molecular formula is C21H27N5O2. The van der Waals surface area contributed by atoms with E-state index in [1.54, 1.807) is 18.5 Å². The summed E-state index contributed by atoms with van der Waals surface area (Å²) in [6.07, 6.45) is 3.02. The first-order chi connectivity index (χ1) is 13.2. The largest absolute Gasteiger partial charge is 0.383 e. The second kappa shape index (κ2) is 7.72. The van der Waals surface area contributed by atoms with Crippen molar-refractivity contribution in [3.63, 3.8) is 0 Å². The van der Waals surface area contributed by atoms with Crippen LogP contribution in [0.1, 0.15) is 39.7 Å². The van der Waals surface area contributed by atoms with Gasteiger partial charge in [0.1, 0.15) is 23.2 Å². The van der Waals surface area contributed by atoms with Gasteiger partial charge in [-0.15, -0.1) is 0 Å². The minimum atomic E-state index is -1.01. The molecule has 2 unspecified atom stereocenters. The molecule has 1 aliphatic rings. The minimum Gasteiger partial charge on any atom is -0.383 e. The van der Waals surface area contributed by atoms with Crippen LogP contribution < -0.4 is 10.2 Å². The van der Waals surface area contributed by atoms with Crippen LogP contribution in [0.25, 0.3) is 11.0 Å². The molecule has 7 heteroatoms. The van der Waals surface area contributed by atoms with Crippen LogP contribution in [0, 0.1) is 22.7 Å². The van der Waals surface area contributed by atoms with E-state index in [9.17, 15) is 15.2 Å². The van der Waals surface area contributed by atoms with Crippen molar-refractivity contribution in [2.45, 2.75) is 46.3 Å². The molecule has 0 bridgehead atoms. The van der Waals surface area contributed by atoms with Crippen LogP contribution in [0.15, 0.2) is 24.5 Å². The van der Waals surface area contributed by atoms with Crippen LogP contribution in [0.3, 0.4) is 0 Å². The summed E-state index contributed by atoms with van der Waals surface area (Å²) in [6.45, 7) is 9.37. The highest BCUT2D eigenvalue weighted by molar-refractivity contribution is 5.92. The van der Waals surface area contributed by atoms with Crippen LogP contribution in [0.4, 0.5) is 5.69 Å². The van der Waals surface area contributed by atoms with E-state index in [0.717, 1.165) is 18.7 Å². The highest BCUT2D eigenvalue weighted by Gasteiger charge is 2.35. The fourth-order valence-electron chi connectivity index (χ4n) is 3.90. The van der Waals surface area contributed by atoms with Crippen LogP contribution in [0.5, 0.6) is 0 Å². The molecule has 7 nitrogen and oxygen atoms in total. The topological polar surface area (TPSA) is 102 Å². The van der Waals surface area contributed by atoms with Crippen molar-refractivity contribution in [1.82, 2.24) is 15.3 Å². The molecule has 2 heterocycles. The van der Waals surface area contributed by atoms with E-state index < -0.39 is 6.10 Å². The third-order valence-electron chi connectivity index (χ3n) is 5.17. The summed E-state index contributed by atoms with van der Waals surface area (Å²) in [5.74, 6) is -0.465. The van der Waals surface area contributed by atoms with Gasteiger partial charge in [0.15, 0.2) is 0 Å². The van der Waals surface area contributed by atoms with Gasteiger partial charge in [-0.3, -0.25) is 14.8 Å². The monoisotopic (exact) mass is 381 g/mol. The Morgan fingerprint density at radius 3 is 2.64 bits per heavy atom. The van der Waals surface area contributed by atoms with Crippen LogP contribution in [0.2, 0.25) is 0 Å². The number of aliphatic hydroxyl groups is 1. The molecule has 1 aromatic carbocycles. The molecule has 2 aromatic rings. The van der Waals surface area contributed by atoms with E-state index in [4.69, 9.17) is 0 Å². The molecule has 3 rings (SSSR count). The van der Waals surface area contributed by atoms with Gasteiger partial charge in [0, 0.05) is 31.5 Å². The van der Waals surface area contributed by atoms with Crippen molar-refractivity contribution >= 4 is 22.6 Å². The third kappa shape index (κ3) is 4.07. The number of fused-ring (bicyclic) bond motifs is 1. The number of hydrogen-bond donors (Lipinski definition) is 2. The van der Waals surface area contributed by atoms with Crippen molar-refractivity contribution < 1.29 is 9.90 Å². The van der Waals surface area contributed by atoms with E-state index in [1.807, 2.05) is 19.9 Å². The van der Waals surface area contributed by atoms with E-state index >= 15 is 0 Å². The molecule has 2 N–H and O–H groups in total. The van der Waals surface area contributed by atoms with Crippen LogP contribution in [-0.4, -0.2) is 46.2 Å². The Balaban J connectivity index is 1.91. The molecular weight excluding hydrogens is 354 g/mol. The van der Waals surface area contributed by atoms with Gasteiger partial charge in [-0.2, -0.15) is 5.26 Å². The molecule has 148 valence electrons. The van der Waals surface area contributed by atoms with Gasteiger partial charge in [-0.1, -0.05) is 27.7 Å². The summed E-state index contributed by atoms with van der Waals surface area (Å²) >= 11 is 0. The molecule has 1 fully saturated rings. The lowest BCUT2D eigenvalue weighted by molar-refractivity contribution is -0.132. The second-order valence-electron chi connectivity index (χ2n) is 8.64. The van der Waals surface area contributed by atoms with Crippen molar-refractivity contribution in [3.05, 3.63) is 30.1 Å². The predicted molar refractivity (Wildman–Crippen MR) is 108 cm³/mol. The number of aliphatic hydroxyl groups excluding tert-OH is 1. The number of aromatic nitrogens is 2. The molecule has 1 amide bonds. The third-order valence-corrected chi connectivity index (χ3v) is 5.17. The SMILES string of the molecule is CC(C)C(O)C(=O)NC1CN(c2ccc(C#N)c3nccnc23)CC(C)(C)C1. The summed E-state index contributed by atoms with van der Waals surface area (Å²) in [5, 5.41) is 22.4. The lowest BCUT2D eigenvalue weighted by Crippen LogP contribution is -2.55. The Bertz CT molecular complexity index is 919. The van der Waals surface area contributed by atoms with Gasteiger partial charge < -0.3 is 15.3 Å². The molecule has 28 heavy (non-hydrogen) atoms. The molecule has 0 aliphatic carbocycles. The number of carbonyl (C=O) groups excluding carboxylic acids is 1. The average molecular weight is 381 g/mol. The molecule has 2 atom stereocenters. The summed E-state index contributed by atoms with van der Waals surface area (Å²) in [5.41, 5.74) is 2.63. The number of piperidine rings is 1. The normalized spacial score (nSPS) is 20.0. The van der Waals surface area contributed by atoms with Gasteiger partial charge in [0.25, 0.3) is 0 Å². The fourth-order valence-corrected chi connectivity index (χ4v) is 3.90. The van der Waals surface area contributed by atoms with E-state index in [2.05, 4.69) is 40.1 Å². The predicted octanol–water partition coefficient (Wildman–Crippen LogP) is 2.24. The number of nitrogens with one attached hydrogen (secondary N) is 1. The summed E-state index contributed by atoms with van der Waals surface area (Å²) in [7, 11) is 0. The van der Waals surface area contributed by atoms with E-state index in [1.165, 1.54) is 0 Å². The van der Waals surface area contributed by atoms with Crippen LogP contribution >= 0.6 is 0 Å². The summed E-state index contributed by atoms with van der Waals surface area (Å²) in [4.78, 5) is 23.4. The molecule has 1 aliphatic heterocycles. The number of anilines is 1. The van der Waals surface area contributed by atoms with Crippen molar-refractivity contribution in [1.29, 1.82) is 5.26 Å². The number of nitriles is 1. The molecule has 1 saturated heterocycles. The molecule has 0 saturated carbocycles. The van der Waals surface area contributed by atoms with Gasteiger partial charge in [-0.25, -0.2) is 0 Å². The maximum Gasteiger partial charge on any atom is 0.249 e. The summed E-state index contributed by atoms with van der Waals surface area (Å²) < 4.78 is 0. The van der Waals surface area contributed by atoms with Crippen molar-refractivity contribution in [2.75, 3.05) is 18.0 Å². The number of amides is 1. The first-order valence-corrected chi connectivity index (χ1v) is 9.59. The first kappa shape index (κ1) is 20.0. The van der Waals surface area contributed by atoms with Crippen molar-refractivity contribution in [3.8, 4) is 6.07 Å². The second-order valence-corrected chi connectivity index (χ2v) is 8.64. The summed E-state index contributed by atoms with van der Waals surface area (Å²) in [6, 6.07) is 5.75. The Morgan fingerprint density at radius 2 is 2.00 bits per heavy atom. The van der Waals surface area contributed by atoms with Gasteiger partial charge in [0.05, 0.1) is 11.3 Å². The molecule has 0 radical (unpaired) electrons. The lowest BCUT2D eigenvalue weighted by Gasteiger charge is -2.44. The van der Waals surface area contributed by atoms with Gasteiger partial charge >= 0.3 is 0 Å². The van der Waals surface area contributed by atoms with Gasteiger partial charge in [-0.05, 0) is 29.9 Å². The number of hydrogen-bond acceptors (Lipinski definition) is 6. The highest BCUT2D eigenvalue weighted by atomic mass is 16.3. The van der Waals surface area contributed by atoms with Crippen molar-refractivity contribution in [2.24, 2.45) is 11.3 Å². The fraction of sp³-hybridized carbons (Fsp3) is 0.524. The number of carbonyl (C=O) groups is 1. The smallest absolute Gasteiger partial charge is 0.249 e. The molecule has 0 spiro atoms. The Kier molecular flexibility index (Phi) is 5.52. The standard InChI is InChI=1S/C21H27N5O2/c1-13(2)19(27)20(28)25-15-9-21(3,4)12-26(11-15)16-6-5-14(10-22)17-18(16)24-8-7-23-17/h5-8,13,15,19,27H,9,11-12H2,1-4H3,(H,25,28). The zero-order valence-electron chi connectivity index (χ0n) is 16.8. The maximum absolute atomic E-state index is 12.4. The van der Waals surface area contributed by atoms with E-state index in [0.29, 0.717) is 23.1 Å². The van der Waals surface area contributed by atoms with Crippen LogP contribution in [-0.2, 0) is 4.79 Å². The maximum atomic E-state index is 12.4. The Hall–Kier alpha value is -2.72. The zero-order chi connectivity index (χ0) is 20.5. The number of rotatable bonds is 4. The lowest BCUT2D eigenvalue weighted by atomic mass is 9.81. The minimum absolute atomic E-state index is 0.0403. The molecule has 1 aromatic heterocycles. The first-order valence-electron chi connectivity index (χ1n) is 9.59. The highest BCUT2D eigenvalue weighted by Crippen LogP contribution is 2.35. The Labute approximate surface area is 165 Å². The quantitative estimate of drug-likeness (QED) is 0.842. The van der Waals surface area contributed by atoms with Gasteiger partial charge in [0.2, 0.25) is 5.91 Å². The average Bonchev–Trinajstić information content (AvgIpc) is 2.64. The van der Waals surface area contributed by atoms with E-state index in [-0.39, 0.29) is 23.3 Å². The Morgan fingerprint density at radius 1 is 1.32 bits per heavy atom.